The summed E-state index contributed by atoms with van der Waals surface area (Å²) >= 11 is 0. The molecule has 0 aromatic heterocycles. The van der Waals surface area contributed by atoms with Crippen LogP contribution in [-0.4, -0.2) is 130 Å². The lowest BCUT2D eigenvalue weighted by molar-refractivity contribution is -0.144. The molecule has 6 amide bonds. The second-order valence-electron chi connectivity index (χ2n) is 9.95. The van der Waals surface area contributed by atoms with Crippen molar-refractivity contribution >= 4 is 53.3 Å². The van der Waals surface area contributed by atoms with Crippen LogP contribution in [0.3, 0.4) is 0 Å². The monoisotopic (exact) mass is 644 g/mol. The predicted octanol–water partition coefficient (Wildman–Crippen LogP) is -6.64. The van der Waals surface area contributed by atoms with Gasteiger partial charge in [0.05, 0.1) is 25.6 Å². The Morgan fingerprint density at radius 2 is 1.53 bits per heavy atom. The molecule has 0 bridgehead atoms. The summed E-state index contributed by atoms with van der Waals surface area (Å²) in [7, 11) is 0. The van der Waals surface area contributed by atoms with Crippen LogP contribution in [0.4, 0.5) is 0 Å². The highest BCUT2D eigenvalue weighted by molar-refractivity contribution is 5.97. The van der Waals surface area contributed by atoms with Crippen molar-refractivity contribution in [3.05, 3.63) is 0 Å². The number of guanidine groups is 1. The van der Waals surface area contributed by atoms with Gasteiger partial charge in [0.2, 0.25) is 35.4 Å². The van der Waals surface area contributed by atoms with E-state index in [0.29, 0.717) is 0 Å². The van der Waals surface area contributed by atoms with Crippen molar-refractivity contribution in [2.45, 2.75) is 68.8 Å². The Hall–Kier alpha value is -5.05. The van der Waals surface area contributed by atoms with E-state index in [1.54, 1.807) is 0 Å². The standard InChI is InChI=1S/C24H40N10O11/c25-9-16(37)32-13(8-15(26)36)22(43)34-7-5-14(35)19(34)21(42)30-10-17(38)31-11(3-4-18(39)40)20(41)33-12(23(44)45)2-1-6-29-24(27)28/h11-14,19,35H,1-10,25H2,(H2,26,36)(H,30,42)(H,31,38)(H,32,37)(H,33,41)(H,39,40)(H,44,45)(H4,27,28,29)/t11-,12-,13-,14-,19-/m0/s1. The summed E-state index contributed by atoms with van der Waals surface area (Å²) < 4.78 is 0. The number of hydrogen-bond donors (Lipinski definition) is 11. The first-order chi connectivity index (χ1) is 21.1. The van der Waals surface area contributed by atoms with Crippen molar-refractivity contribution in [1.29, 1.82) is 0 Å². The molecule has 0 radical (unpaired) electrons. The van der Waals surface area contributed by atoms with Crippen LogP contribution in [0.1, 0.15) is 38.5 Å². The maximum absolute atomic E-state index is 13.1. The maximum atomic E-state index is 13.1. The van der Waals surface area contributed by atoms with E-state index in [1.807, 2.05) is 0 Å². The lowest BCUT2D eigenvalue weighted by Gasteiger charge is -2.29. The fourth-order valence-electron chi connectivity index (χ4n) is 4.28. The summed E-state index contributed by atoms with van der Waals surface area (Å²) in [6.07, 6.45) is -2.99. The van der Waals surface area contributed by atoms with Gasteiger partial charge < -0.3 is 64.4 Å². The van der Waals surface area contributed by atoms with Gasteiger partial charge in [0, 0.05) is 19.5 Å². The molecule has 5 atom stereocenters. The van der Waals surface area contributed by atoms with Crippen LogP contribution in [0.15, 0.2) is 4.99 Å². The Kier molecular flexibility index (Phi) is 15.7. The molecular formula is C24H40N10O11. The number of primary amides is 1. The van der Waals surface area contributed by atoms with Gasteiger partial charge in [-0.1, -0.05) is 0 Å². The van der Waals surface area contributed by atoms with Gasteiger partial charge in [-0.25, -0.2) is 4.79 Å². The molecule has 0 aromatic carbocycles. The van der Waals surface area contributed by atoms with Gasteiger partial charge in [-0.3, -0.25) is 38.6 Å². The molecule has 0 saturated carbocycles. The van der Waals surface area contributed by atoms with Crippen LogP contribution < -0.4 is 44.2 Å². The van der Waals surface area contributed by atoms with Crippen molar-refractivity contribution in [3.63, 3.8) is 0 Å². The number of nitrogens with zero attached hydrogens (tertiary/aromatic N) is 2. The smallest absolute Gasteiger partial charge is 0.326 e. The van der Waals surface area contributed by atoms with Gasteiger partial charge in [0.15, 0.2) is 5.96 Å². The highest BCUT2D eigenvalue weighted by Crippen LogP contribution is 2.20. The third-order valence-corrected chi connectivity index (χ3v) is 6.42. The number of likely N-dealkylation sites (tertiary alicyclic amines) is 1. The first kappa shape index (κ1) is 38.0. The fourth-order valence-corrected chi connectivity index (χ4v) is 4.28. The number of amides is 6. The number of carboxylic acids is 2. The van der Waals surface area contributed by atoms with E-state index in [4.69, 9.17) is 28.0 Å². The fraction of sp³-hybridized carbons (Fsp3) is 0.625. The second-order valence-corrected chi connectivity index (χ2v) is 9.95. The summed E-state index contributed by atoms with van der Waals surface area (Å²) in [5.41, 5.74) is 20.8. The summed E-state index contributed by atoms with van der Waals surface area (Å²) in [6.45, 7) is -1.37. The van der Waals surface area contributed by atoms with E-state index < -0.39 is 110 Å². The van der Waals surface area contributed by atoms with Crippen LogP contribution >= 0.6 is 0 Å². The molecule has 1 fully saturated rings. The lowest BCUT2D eigenvalue weighted by atomic mass is 10.1. The van der Waals surface area contributed by atoms with E-state index in [9.17, 15) is 48.6 Å². The quantitative estimate of drug-likeness (QED) is 0.0354. The van der Waals surface area contributed by atoms with Crippen LogP contribution in [0.25, 0.3) is 0 Å². The molecular weight excluding hydrogens is 604 g/mol. The van der Waals surface area contributed by atoms with Crippen LogP contribution in [0.5, 0.6) is 0 Å². The molecule has 21 heteroatoms. The van der Waals surface area contributed by atoms with Gasteiger partial charge in [0.25, 0.3) is 0 Å². The molecule has 0 unspecified atom stereocenters. The highest BCUT2D eigenvalue weighted by Gasteiger charge is 2.43. The molecule has 0 aliphatic carbocycles. The second kappa shape index (κ2) is 18.6. The average molecular weight is 645 g/mol. The summed E-state index contributed by atoms with van der Waals surface area (Å²) in [6, 6.07) is -5.94. The predicted molar refractivity (Wildman–Crippen MR) is 152 cm³/mol. The number of carbonyl (C=O) groups is 8. The Morgan fingerprint density at radius 1 is 0.889 bits per heavy atom. The van der Waals surface area contributed by atoms with E-state index >= 15 is 0 Å². The van der Waals surface area contributed by atoms with Gasteiger partial charge in [-0.15, -0.1) is 0 Å². The number of hydrogen-bond acceptors (Lipinski definition) is 11. The first-order valence-electron chi connectivity index (χ1n) is 13.7. The summed E-state index contributed by atoms with van der Waals surface area (Å²) in [5, 5.41) is 37.7. The van der Waals surface area contributed by atoms with Crippen molar-refractivity contribution in [1.82, 2.24) is 26.2 Å². The molecule has 15 N–H and O–H groups in total. The third kappa shape index (κ3) is 13.4. The number of aliphatic imine (C=N–C) groups is 1. The minimum Gasteiger partial charge on any atom is -0.481 e. The molecule has 0 spiro atoms. The Balaban J connectivity index is 2.92. The van der Waals surface area contributed by atoms with Crippen LogP contribution in [-0.2, 0) is 38.4 Å². The average Bonchev–Trinajstić information content (AvgIpc) is 3.34. The molecule has 1 rings (SSSR count). The zero-order chi connectivity index (χ0) is 34.3. The number of rotatable bonds is 19. The molecule has 1 saturated heterocycles. The lowest BCUT2D eigenvalue weighted by Crippen LogP contribution is -2.58. The topological polar surface area (TPSA) is 365 Å². The molecule has 0 aromatic rings. The Morgan fingerprint density at radius 3 is 2.09 bits per heavy atom. The molecule has 21 nitrogen and oxygen atoms in total. The third-order valence-electron chi connectivity index (χ3n) is 6.42. The molecule has 1 aliphatic heterocycles. The number of nitrogens with two attached hydrogens (primary N) is 4. The van der Waals surface area contributed by atoms with Gasteiger partial charge in [-0.2, -0.15) is 0 Å². The van der Waals surface area contributed by atoms with E-state index in [-0.39, 0.29) is 38.3 Å². The minimum absolute atomic E-state index is 0.0573. The van der Waals surface area contributed by atoms with Crippen molar-refractivity contribution in [3.8, 4) is 0 Å². The maximum Gasteiger partial charge on any atom is 0.326 e. The molecule has 1 heterocycles. The number of aliphatic carboxylic acids is 2. The zero-order valence-corrected chi connectivity index (χ0v) is 24.3. The number of aliphatic hydroxyl groups excluding tert-OH is 1. The van der Waals surface area contributed by atoms with Crippen LogP contribution in [0.2, 0.25) is 0 Å². The largest absolute Gasteiger partial charge is 0.481 e. The highest BCUT2D eigenvalue weighted by atomic mass is 16.4. The molecule has 45 heavy (non-hydrogen) atoms. The van der Waals surface area contributed by atoms with E-state index in [0.717, 1.165) is 4.90 Å². The first-order valence-corrected chi connectivity index (χ1v) is 13.7. The molecule has 252 valence electrons. The van der Waals surface area contributed by atoms with Gasteiger partial charge in [-0.05, 0) is 25.7 Å². The normalized spacial score (nSPS) is 17.6. The van der Waals surface area contributed by atoms with Crippen molar-refractivity contribution in [2.75, 3.05) is 26.2 Å². The zero-order valence-electron chi connectivity index (χ0n) is 24.3. The number of nitrogens with one attached hydrogen (secondary N) is 4. The Bertz CT molecular complexity index is 1160. The van der Waals surface area contributed by atoms with E-state index in [1.165, 1.54) is 0 Å². The number of carbonyl (C=O) groups excluding carboxylic acids is 6. The Labute approximate surface area is 256 Å². The van der Waals surface area contributed by atoms with Crippen molar-refractivity contribution in [2.24, 2.45) is 27.9 Å². The minimum atomic E-state index is -1.53. The van der Waals surface area contributed by atoms with Gasteiger partial charge >= 0.3 is 11.9 Å². The SMILES string of the molecule is NCC(=O)N[C@@H](CC(N)=O)C(=O)N1CC[C@H](O)[C@H]1C(=O)NCC(=O)N[C@@H](CCC(=O)O)C(=O)N[C@@H](CCCN=C(N)N)C(=O)O. The number of carboxylic acid groups (broad SMARTS) is 2. The molecule has 1 aliphatic rings. The van der Waals surface area contributed by atoms with Gasteiger partial charge in [0.1, 0.15) is 24.2 Å². The van der Waals surface area contributed by atoms with Crippen LogP contribution in [0, 0.1) is 0 Å². The van der Waals surface area contributed by atoms with Crippen molar-refractivity contribution < 1.29 is 53.7 Å². The van der Waals surface area contributed by atoms with E-state index in [2.05, 4.69) is 26.3 Å². The summed E-state index contributed by atoms with van der Waals surface area (Å²) in [5.74, 6) is -8.54. The number of aliphatic hydroxyl groups is 1. The summed E-state index contributed by atoms with van der Waals surface area (Å²) in [4.78, 5) is 102.